The highest BCUT2D eigenvalue weighted by Crippen LogP contribution is 2.38. The van der Waals surface area contributed by atoms with Crippen molar-refractivity contribution in [1.29, 1.82) is 0 Å². The number of nitrogens with two attached hydrogens (primary N) is 1. The number of rotatable bonds is 5. The van der Waals surface area contributed by atoms with Crippen LogP contribution in [0.15, 0.2) is 24.3 Å². The zero-order chi connectivity index (χ0) is 15.0. The molecule has 1 aliphatic rings. The van der Waals surface area contributed by atoms with Gasteiger partial charge in [0.2, 0.25) is 0 Å². The molecule has 0 amide bonds. The third kappa shape index (κ3) is 2.61. The molecule has 4 nitrogen and oxygen atoms in total. The number of hydrogen-bond donors (Lipinski definition) is 2. The Balaban J connectivity index is 1.70. The normalized spacial score (nSPS) is 18.2. The summed E-state index contributed by atoms with van der Waals surface area (Å²) < 4.78 is 1.96. The molecular formula is C17H24N4. The summed E-state index contributed by atoms with van der Waals surface area (Å²) in [6.45, 7) is 4.20. The molecule has 1 aromatic heterocycles. The van der Waals surface area contributed by atoms with E-state index < -0.39 is 0 Å². The lowest BCUT2D eigenvalue weighted by atomic mass is 9.74. The second kappa shape index (κ2) is 5.62. The van der Waals surface area contributed by atoms with E-state index >= 15 is 0 Å². The van der Waals surface area contributed by atoms with E-state index in [0.29, 0.717) is 12.0 Å². The molecule has 1 aromatic carbocycles. The molecule has 1 heterocycles. The van der Waals surface area contributed by atoms with Gasteiger partial charge in [-0.05, 0) is 55.7 Å². The van der Waals surface area contributed by atoms with Gasteiger partial charge in [-0.1, -0.05) is 24.3 Å². The van der Waals surface area contributed by atoms with Crippen LogP contribution in [0.1, 0.15) is 40.4 Å². The van der Waals surface area contributed by atoms with Crippen molar-refractivity contribution >= 4 is 0 Å². The van der Waals surface area contributed by atoms with Crippen molar-refractivity contribution in [3.8, 4) is 0 Å². The first-order valence-corrected chi connectivity index (χ1v) is 7.63. The van der Waals surface area contributed by atoms with E-state index in [1.165, 1.54) is 28.8 Å². The molecule has 0 bridgehead atoms. The molecule has 2 unspecified atom stereocenters. The summed E-state index contributed by atoms with van der Waals surface area (Å²) in [6, 6.07) is 9.02. The maximum atomic E-state index is 5.80. The van der Waals surface area contributed by atoms with Crippen molar-refractivity contribution in [2.45, 2.75) is 45.1 Å². The van der Waals surface area contributed by atoms with E-state index in [1.54, 1.807) is 0 Å². The van der Waals surface area contributed by atoms with Crippen LogP contribution in [0, 0.1) is 13.8 Å². The van der Waals surface area contributed by atoms with Crippen molar-refractivity contribution in [3.63, 3.8) is 0 Å². The van der Waals surface area contributed by atoms with Gasteiger partial charge < -0.3 is 0 Å². The molecule has 3 N–H and O–H groups in total. The van der Waals surface area contributed by atoms with Gasteiger partial charge in [0.15, 0.2) is 0 Å². The van der Waals surface area contributed by atoms with Crippen LogP contribution in [0.5, 0.6) is 0 Å². The maximum Gasteiger partial charge on any atom is 0.0628 e. The molecule has 1 aliphatic carbocycles. The predicted octanol–water partition coefficient (Wildman–Crippen LogP) is 2.14. The second-order valence-corrected chi connectivity index (χ2v) is 6.18. The minimum Gasteiger partial charge on any atom is -0.272 e. The van der Waals surface area contributed by atoms with E-state index in [1.807, 2.05) is 11.7 Å². The monoisotopic (exact) mass is 284 g/mol. The lowest BCUT2D eigenvalue weighted by Gasteiger charge is -2.33. The van der Waals surface area contributed by atoms with Crippen LogP contribution in [0.3, 0.4) is 0 Å². The molecule has 0 fully saturated rings. The smallest absolute Gasteiger partial charge is 0.0628 e. The summed E-state index contributed by atoms with van der Waals surface area (Å²) in [5.74, 6) is 6.44. The molecule has 4 heteroatoms. The molecule has 112 valence electrons. The number of hydrogen-bond acceptors (Lipinski definition) is 3. The zero-order valence-corrected chi connectivity index (χ0v) is 13.1. The zero-order valence-electron chi connectivity index (χ0n) is 13.1. The van der Waals surface area contributed by atoms with Gasteiger partial charge in [-0.3, -0.25) is 16.0 Å². The lowest BCUT2D eigenvalue weighted by Crippen LogP contribution is -2.39. The van der Waals surface area contributed by atoms with Crippen molar-refractivity contribution < 1.29 is 0 Å². The van der Waals surface area contributed by atoms with Gasteiger partial charge in [-0.2, -0.15) is 5.10 Å². The Hall–Kier alpha value is -1.65. The van der Waals surface area contributed by atoms with Gasteiger partial charge in [-0.25, -0.2) is 0 Å². The van der Waals surface area contributed by atoms with E-state index in [-0.39, 0.29) is 0 Å². The third-order valence-electron chi connectivity index (χ3n) is 4.88. The summed E-state index contributed by atoms with van der Waals surface area (Å²) in [4.78, 5) is 0. The number of aryl methyl sites for hydroxylation is 2. The third-order valence-corrected chi connectivity index (χ3v) is 4.88. The summed E-state index contributed by atoms with van der Waals surface area (Å²) in [6.07, 6.45) is 3.21. The van der Waals surface area contributed by atoms with Crippen LogP contribution >= 0.6 is 0 Å². The fraction of sp³-hybridized carbons (Fsp3) is 0.471. The van der Waals surface area contributed by atoms with Crippen molar-refractivity contribution in [2.24, 2.45) is 12.9 Å². The molecule has 0 spiro atoms. The predicted molar refractivity (Wildman–Crippen MR) is 85.0 cm³/mol. The number of aromatic nitrogens is 2. The quantitative estimate of drug-likeness (QED) is 0.653. The molecule has 21 heavy (non-hydrogen) atoms. The number of fused-ring (bicyclic) bond motifs is 1. The number of nitrogens with zero attached hydrogens (tertiary/aromatic N) is 2. The summed E-state index contributed by atoms with van der Waals surface area (Å²) in [7, 11) is 2.00. The number of benzene rings is 1. The number of hydrazine groups is 1. The fourth-order valence-corrected chi connectivity index (χ4v) is 3.49. The van der Waals surface area contributed by atoms with Crippen molar-refractivity contribution in [1.82, 2.24) is 15.2 Å². The Morgan fingerprint density at radius 2 is 2.14 bits per heavy atom. The topological polar surface area (TPSA) is 55.9 Å². The van der Waals surface area contributed by atoms with Crippen molar-refractivity contribution in [2.75, 3.05) is 0 Å². The first-order valence-electron chi connectivity index (χ1n) is 7.63. The van der Waals surface area contributed by atoms with Crippen LogP contribution in [0.2, 0.25) is 0 Å². The maximum absolute atomic E-state index is 5.80. The first-order chi connectivity index (χ1) is 10.1. The van der Waals surface area contributed by atoms with Crippen LogP contribution in [-0.4, -0.2) is 15.8 Å². The Labute approximate surface area is 126 Å². The molecule has 2 atom stereocenters. The molecule has 0 saturated carbocycles. The lowest BCUT2D eigenvalue weighted by molar-refractivity contribution is 0.421. The van der Waals surface area contributed by atoms with E-state index in [0.717, 1.165) is 18.5 Å². The van der Waals surface area contributed by atoms with Gasteiger partial charge >= 0.3 is 0 Å². The van der Waals surface area contributed by atoms with Gasteiger partial charge in [0.05, 0.1) is 5.69 Å². The Morgan fingerprint density at radius 3 is 2.76 bits per heavy atom. The molecule has 0 aliphatic heterocycles. The van der Waals surface area contributed by atoms with E-state index in [2.05, 4.69) is 48.6 Å². The van der Waals surface area contributed by atoms with Crippen molar-refractivity contribution in [3.05, 3.63) is 52.3 Å². The Morgan fingerprint density at radius 1 is 1.38 bits per heavy atom. The molecule has 0 saturated heterocycles. The molecule has 3 rings (SSSR count). The molecule has 2 aromatic rings. The highest BCUT2D eigenvalue weighted by atomic mass is 15.3. The SMILES string of the molecule is Cc1nn(C)c(C)c1CC(CC1Cc2ccccc21)NN. The largest absolute Gasteiger partial charge is 0.272 e. The Bertz CT molecular complexity index is 644. The average Bonchev–Trinajstić information content (AvgIpc) is 2.69. The van der Waals surface area contributed by atoms with E-state index in [4.69, 9.17) is 5.84 Å². The van der Waals surface area contributed by atoms with Crippen LogP contribution in [0.25, 0.3) is 0 Å². The van der Waals surface area contributed by atoms with E-state index in [9.17, 15) is 0 Å². The standard InChI is InChI=1S/C17H24N4/c1-11-17(12(2)21(3)20-11)10-15(19-18)9-14-8-13-6-4-5-7-16(13)14/h4-7,14-15,19H,8-10,18H2,1-3H3. The highest BCUT2D eigenvalue weighted by molar-refractivity contribution is 5.40. The summed E-state index contributed by atoms with van der Waals surface area (Å²) in [5.41, 5.74) is 9.68. The number of nitrogens with one attached hydrogen (secondary N) is 1. The molecular weight excluding hydrogens is 260 g/mol. The summed E-state index contributed by atoms with van der Waals surface area (Å²) in [5, 5.41) is 4.50. The van der Waals surface area contributed by atoms with Gasteiger partial charge in [-0.15, -0.1) is 0 Å². The minimum absolute atomic E-state index is 0.296. The molecule has 0 radical (unpaired) electrons. The minimum atomic E-state index is 0.296. The van der Waals surface area contributed by atoms with Crippen LogP contribution in [0.4, 0.5) is 0 Å². The average molecular weight is 284 g/mol. The van der Waals surface area contributed by atoms with Gasteiger partial charge in [0, 0.05) is 18.8 Å². The second-order valence-electron chi connectivity index (χ2n) is 6.18. The summed E-state index contributed by atoms with van der Waals surface area (Å²) >= 11 is 0. The van der Waals surface area contributed by atoms with Gasteiger partial charge in [0.1, 0.15) is 0 Å². The highest BCUT2D eigenvalue weighted by Gasteiger charge is 2.28. The van der Waals surface area contributed by atoms with Crippen LogP contribution in [-0.2, 0) is 19.9 Å². The van der Waals surface area contributed by atoms with Crippen LogP contribution < -0.4 is 11.3 Å². The Kier molecular flexibility index (Phi) is 3.83. The first kappa shape index (κ1) is 14.3. The fourth-order valence-electron chi connectivity index (χ4n) is 3.49. The van der Waals surface area contributed by atoms with Gasteiger partial charge in [0.25, 0.3) is 0 Å².